The normalized spacial score (nSPS) is 11.3. The zero-order valence-corrected chi connectivity index (χ0v) is 11.0. The van der Waals surface area contributed by atoms with E-state index in [0.717, 1.165) is 5.69 Å². The molecule has 18 heavy (non-hydrogen) atoms. The van der Waals surface area contributed by atoms with Gasteiger partial charge in [-0.25, -0.2) is 4.99 Å². The van der Waals surface area contributed by atoms with Crippen LogP contribution in [0.2, 0.25) is 5.02 Å². The summed E-state index contributed by atoms with van der Waals surface area (Å²) in [5.41, 5.74) is 0.808. The summed E-state index contributed by atoms with van der Waals surface area (Å²) in [6, 6.07) is 16.6. The van der Waals surface area contributed by atoms with Crippen LogP contribution in [0.25, 0.3) is 0 Å². The molecule has 0 heterocycles. The van der Waals surface area contributed by atoms with Crippen LogP contribution < -0.4 is 4.74 Å². The minimum absolute atomic E-state index is 0.206. The summed E-state index contributed by atoms with van der Waals surface area (Å²) in [5.74, 6) is 1.32. The van der Waals surface area contributed by atoms with Gasteiger partial charge in [-0.2, -0.15) is 0 Å². The molecule has 4 heteroatoms. The molecular weight excluding hydrogens is 269 g/mol. The fourth-order valence-corrected chi connectivity index (χ4v) is 1.61. The van der Waals surface area contributed by atoms with E-state index >= 15 is 0 Å². The van der Waals surface area contributed by atoms with Crippen molar-refractivity contribution < 1.29 is 4.74 Å². The summed E-state index contributed by atoms with van der Waals surface area (Å²) in [7, 11) is 0. The molecule has 0 fully saturated rings. The number of benzene rings is 2. The van der Waals surface area contributed by atoms with Gasteiger partial charge in [0.1, 0.15) is 5.75 Å². The highest BCUT2D eigenvalue weighted by Crippen LogP contribution is 2.17. The third-order valence-electron chi connectivity index (χ3n) is 2.17. The Morgan fingerprint density at radius 2 is 1.67 bits per heavy atom. The summed E-state index contributed by atoms with van der Waals surface area (Å²) in [6.07, 6.45) is 0. The predicted octanol–water partition coefficient (Wildman–Crippen LogP) is 4.69. The van der Waals surface area contributed by atoms with Crippen LogP contribution in [0.1, 0.15) is 0 Å². The summed E-state index contributed by atoms with van der Waals surface area (Å²) in [6.45, 7) is 0. The van der Waals surface area contributed by atoms with Crippen LogP contribution in [-0.2, 0) is 0 Å². The number of hydrogen-bond donors (Lipinski definition) is 0. The molecule has 92 valence electrons. The Labute approximate surface area is 116 Å². The summed E-state index contributed by atoms with van der Waals surface area (Å²) >= 11 is 11.6. The molecule has 0 saturated carbocycles. The molecule has 0 saturated heterocycles. The van der Waals surface area contributed by atoms with Crippen LogP contribution in [0.3, 0.4) is 0 Å². The van der Waals surface area contributed by atoms with Crippen molar-refractivity contribution in [2.75, 3.05) is 5.88 Å². The van der Waals surface area contributed by atoms with Crippen LogP contribution in [0, 0.1) is 0 Å². The third-order valence-corrected chi connectivity index (χ3v) is 2.65. The maximum atomic E-state index is 5.82. The molecule has 0 spiro atoms. The first kappa shape index (κ1) is 12.9. The summed E-state index contributed by atoms with van der Waals surface area (Å²) < 4.78 is 5.58. The molecule has 2 rings (SSSR count). The van der Waals surface area contributed by atoms with Gasteiger partial charge < -0.3 is 4.74 Å². The number of para-hydroxylation sites is 1. The molecule has 0 unspecified atom stereocenters. The second-order valence-corrected chi connectivity index (χ2v) is 4.23. The van der Waals surface area contributed by atoms with Gasteiger partial charge in [-0.05, 0) is 36.4 Å². The third kappa shape index (κ3) is 3.76. The van der Waals surface area contributed by atoms with E-state index < -0.39 is 0 Å². The number of alkyl halides is 1. The molecule has 2 aromatic rings. The maximum absolute atomic E-state index is 5.82. The standard InChI is InChI=1S/C14H11Cl2NO/c15-10-14(17-12-4-2-1-3-5-12)18-13-8-6-11(16)7-9-13/h1-9H,10H2/b17-14+. The largest absolute Gasteiger partial charge is 0.442 e. The molecule has 0 aliphatic rings. The average Bonchev–Trinajstić information content (AvgIpc) is 2.41. The van der Waals surface area contributed by atoms with Crippen molar-refractivity contribution in [3.05, 3.63) is 59.6 Å². The SMILES string of the molecule is ClC/C(=N\c1ccccc1)Oc1ccc(Cl)cc1. The number of nitrogens with zero attached hydrogens (tertiary/aromatic N) is 1. The molecule has 0 bridgehead atoms. The highest BCUT2D eigenvalue weighted by molar-refractivity contribution is 6.30. The summed E-state index contributed by atoms with van der Waals surface area (Å²) in [4.78, 5) is 4.32. The van der Waals surface area contributed by atoms with Crippen LogP contribution in [0.5, 0.6) is 5.75 Å². The van der Waals surface area contributed by atoms with E-state index in [0.29, 0.717) is 16.7 Å². The highest BCUT2D eigenvalue weighted by atomic mass is 35.5. The second-order valence-electron chi connectivity index (χ2n) is 3.53. The molecule has 2 aromatic carbocycles. The van der Waals surface area contributed by atoms with E-state index in [1.807, 2.05) is 30.3 Å². The lowest BCUT2D eigenvalue weighted by Gasteiger charge is -2.06. The smallest absolute Gasteiger partial charge is 0.210 e. The van der Waals surface area contributed by atoms with Gasteiger partial charge in [0.25, 0.3) is 0 Å². The van der Waals surface area contributed by atoms with E-state index in [2.05, 4.69) is 4.99 Å². The van der Waals surface area contributed by atoms with Gasteiger partial charge in [0.15, 0.2) is 0 Å². The lowest BCUT2D eigenvalue weighted by Crippen LogP contribution is -2.09. The van der Waals surface area contributed by atoms with Crippen LogP contribution in [0.15, 0.2) is 59.6 Å². The molecule has 0 aromatic heterocycles. The number of aliphatic imine (C=N–C) groups is 1. The average molecular weight is 280 g/mol. The second kappa shape index (κ2) is 6.43. The quantitative estimate of drug-likeness (QED) is 0.454. The van der Waals surface area contributed by atoms with Gasteiger partial charge >= 0.3 is 0 Å². The molecule has 0 aliphatic heterocycles. The highest BCUT2D eigenvalue weighted by Gasteiger charge is 2.02. The number of rotatable bonds is 3. The first-order valence-corrected chi connectivity index (χ1v) is 6.31. The van der Waals surface area contributed by atoms with Crippen molar-refractivity contribution in [2.24, 2.45) is 4.99 Å². The zero-order valence-electron chi connectivity index (χ0n) is 9.51. The van der Waals surface area contributed by atoms with Crippen molar-refractivity contribution in [3.8, 4) is 5.75 Å². The molecule has 0 N–H and O–H groups in total. The number of halogens is 2. The van der Waals surface area contributed by atoms with E-state index in [-0.39, 0.29) is 5.88 Å². The molecule has 2 nitrogen and oxygen atoms in total. The zero-order chi connectivity index (χ0) is 12.8. The van der Waals surface area contributed by atoms with E-state index in [4.69, 9.17) is 27.9 Å². The molecule has 0 atom stereocenters. The maximum Gasteiger partial charge on any atom is 0.210 e. The molecular formula is C14H11Cl2NO. The first-order chi connectivity index (χ1) is 8.78. The summed E-state index contributed by atoms with van der Waals surface area (Å²) in [5, 5.41) is 0.662. The minimum Gasteiger partial charge on any atom is -0.442 e. The van der Waals surface area contributed by atoms with Crippen LogP contribution >= 0.6 is 23.2 Å². The Morgan fingerprint density at radius 3 is 2.28 bits per heavy atom. The van der Waals surface area contributed by atoms with Gasteiger partial charge in [-0.15, -0.1) is 11.6 Å². The van der Waals surface area contributed by atoms with E-state index in [1.165, 1.54) is 0 Å². The first-order valence-electron chi connectivity index (χ1n) is 5.40. The number of ether oxygens (including phenoxy) is 1. The lowest BCUT2D eigenvalue weighted by molar-refractivity contribution is 0.548. The Kier molecular flexibility index (Phi) is 4.62. The van der Waals surface area contributed by atoms with Gasteiger partial charge in [0.05, 0.1) is 11.6 Å². The topological polar surface area (TPSA) is 21.6 Å². The fourth-order valence-electron chi connectivity index (χ4n) is 1.37. The Bertz CT molecular complexity index is 523. The van der Waals surface area contributed by atoms with Crippen LogP contribution in [0.4, 0.5) is 5.69 Å². The fraction of sp³-hybridized carbons (Fsp3) is 0.0714. The molecule has 0 amide bonds. The Morgan fingerprint density at radius 1 is 1.00 bits per heavy atom. The number of hydrogen-bond acceptors (Lipinski definition) is 2. The van der Waals surface area contributed by atoms with E-state index in [1.54, 1.807) is 24.3 Å². The van der Waals surface area contributed by atoms with Gasteiger partial charge in [0.2, 0.25) is 5.90 Å². The van der Waals surface area contributed by atoms with Crippen molar-refractivity contribution in [2.45, 2.75) is 0 Å². The minimum atomic E-state index is 0.206. The lowest BCUT2D eigenvalue weighted by atomic mass is 10.3. The predicted molar refractivity (Wildman–Crippen MR) is 76.3 cm³/mol. The van der Waals surface area contributed by atoms with Crippen molar-refractivity contribution in [1.82, 2.24) is 0 Å². The van der Waals surface area contributed by atoms with Crippen molar-refractivity contribution in [3.63, 3.8) is 0 Å². The van der Waals surface area contributed by atoms with Crippen LogP contribution in [-0.4, -0.2) is 11.8 Å². The van der Waals surface area contributed by atoms with Gasteiger partial charge in [-0.3, -0.25) is 0 Å². The molecule has 0 radical (unpaired) electrons. The Hall–Kier alpha value is -1.51. The van der Waals surface area contributed by atoms with Crippen molar-refractivity contribution >= 4 is 34.8 Å². The van der Waals surface area contributed by atoms with Gasteiger partial charge in [-0.1, -0.05) is 29.8 Å². The van der Waals surface area contributed by atoms with Crippen molar-refractivity contribution in [1.29, 1.82) is 0 Å². The van der Waals surface area contributed by atoms with E-state index in [9.17, 15) is 0 Å². The Balaban J connectivity index is 2.15. The molecule has 0 aliphatic carbocycles. The van der Waals surface area contributed by atoms with Gasteiger partial charge in [0, 0.05) is 5.02 Å². The monoisotopic (exact) mass is 279 g/mol.